The number of hydrogen-bond donors (Lipinski definition) is 2. The van der Waals surface area contributed by atoms with Gasteiger partial charge in [-0.3, -0.25) is 0 Å². The minimum Gasteiger partial charge on any atom is -0.476 e. The molecule has 2 N–H and O–H groups in total. The Hall–Kier alpha value is -1.36. The maximum atomic E-state index is 10.4. The first-order valence-corrected chi connectivity index (χ1v) is 4.00. The van der Waals surface area contributed by atoms with Gasteiger partial charge in [0.25, 0.3) is 0 Å². The lowest BCUT2D eigenvalue weighted by Crippen LogP contribution is -2.22. The van der Waals surface area contributed by atoms with Gasteiger partial charge in [-0.15, -0.1) is 0 Å². The number of nitrogens with zero attached hydrogens (tertiary/aromatic N) is 1. The van der Waals surface area contributed by atoms with E-state index in [-0.39, 0.29) is 5.69 Å². The van der Waals surface area contributed by atoms with Gasteiger partial charge in [0, 0.05) is 6.04 Å². The van der Waals surface area contributed by atoms with Gasteiger partial charge >= 0.3 is 5.97 Å². The third kappa shape index (κ3) is 2.87. The zero-order valence-electron chi connectivity index (χ0n) is 7.57. The molecule has 0 saturated carbocycles. The number of carboxylic acids is 1. The zero-order chi connectivity index (χ0) is 9.84. The van der Waals surface area contributed by atoms with Crippen LogP contribution in [0.2, 0.25) is 0 Å². The lowest BCUT2D eigenvalue weighted by molar-refractivity contribution is 0.0690. The van der Waals surface area contributed by atoms with Gasteiger partial charge in [0.2, 0.25) is 5.89 Å². The summed E-state index contributed by atoms with van der Waals surface area (Å²) in [5.41, 5.74) is -0.0550. The molecule has 0 atom stereocenters. The molecule has 1 aromatic heterocycles. The third-order valence-electron chi connectivity index (χ3n) is 1.43. The van der Waals surface area contributed by atoms with Crippen molar-refractivity contribution in [3.63, 3.8) is 0 Å². The molecule has 0 aliphatic rings. The summed E-state index contributed by atoms with van der Waals surface area (Å²) >= 11 is 0. The van der Waals surface area contributed by atoms with Crippen molar-refractivity contribution in [2.45, 2.75) is 26.4 Å². The van der Waals surface area contributed by atoms with Gasteiger partial charge in [0.15, 0.2) is 5.69 Å². The Morgan fingerprint density at radius 1 is 1.77 bits per heavy atom. The van der Waals surface area contributed by atoms with Gasteiger partial charge in [0.05, 0.1) is 6.54 Å². The summed E-state index contributed by atoms with van der Waals surface area (Å²) in [7, 11) is 0. The molecular weight excluding hydrogens is 172 g/mol. The highest BCUT2D eigenvalue weighted by atomic mass is 16.4. The Bertz CT molecular complexity index is 293. The van der Waals surface area contributed by atoms with Gasteiger partial charge in [-0.2, -0.15) is 0 Å². The molecule has 5 heteroatoms. The molecule has 0 aliphatic carbocycles. The average Bonchev–Trinajstić information content (AvgIpc) is 2.48. The van der Waals surface area contributed by atoms with E-state index < -0.39 is 5.97 Å². The first-order chi connectivity index (χ1) is 6.09. The highest BCUT2D eigenvalue weighted by Gasteiger charge is 2.09. The van der Waals surface area contributed by atoms with Crippen LogP contribution >= 0.6 is 0 Å². The van der Waals surface area contributed by atoms with Crippen molar-refractivity contribution in [3.8, 4) is 0 Å². The van der Waals surface area contributed by atoms with Crippen molar-refractivity contribution in [2.75, 3.05) is 0 Å². The van der Waals surface area contributed by atoms with E-state index in [2.05, 4.69) is 10.3 Å². The van der Waals surface area contributed by atoms with Gasteiger partial charge in [-0.1, -0.05) is 13.8 Å². The largest absolute Gasteiger partial charge is 0.476 e. The number of rotatable bonds is 4. The average molecular weight is 184 g/mol. The van der Waals surface area contributed by atoms with E-state index in [1.165, 1.54) is 0 Å². The monoisotopic (exact) mass is 184 g/mol. The fraction of sp³-hybridized carbons (Fsp3) is 0.500. The SMILES string of the molecule is CC(C)NCc1nc(C(=O)O)co1. The van der Waals surface area contributed by atoms with Gasteiger partial charge in [-0.05, 0) is 0 Å². The molecule has 0 aromatic carbocycles. The Morgan fingerprint density at radius 3 is 2.92 bits per heavy atom. The number of hydrogen-bond acceptors (Lipinski definition) is 4. The van der Waals surface area contributed by atoms with Crippen LogP contribution in [0.3, 0.4) is 0 Å². The Balaban J connectivity index is 2.54. The molecule has 0 aliphatic heterocycles. The van der Waals surface area contributed by atoms with Crippen molar-refractivity contribution in [1.82, 2.24) is 10.3 Å². The van der Waals surface area contributed by atoms with E-state index in [1.54, 1.807) is 0 Å². The summed E-state index contributed by atoms with van der Waals surface area (Å²) in [5.74, 6) is -0.675. The highest BCUT2D eigenvalue weighted by molar-refractivity contribution is 5.84. The molecule has 0 unspecified atom stereocenters. The lowest BCUT2D eigenvalue weighted by Gasteiger charge is -2.03. The summed E-state index contributed by atoms with van der Waals surface area (Å²) in [5, 5.41) is 11.6. The lowest BCUT2D eigenvalue weighted by atomic mass is 10.4. The normalized spacial score (nSPS) is 10.7. The zero-order valence-corrected chi connectivity index (χ0v) is 7.57. The topological polar surface area (TPSA) is 75.4 Å². The minimum absolute atomic E-state index is 0.0550. The molecule has 1 rings (SSSR count). The molecule has 0 radical (unpaired) electrons. The van der Waals surface area contributed by atoms with Crippen LogP contribution in [0.4, 0.5) is 0 Å². The van der Waals surface area contributed by atoms with E-state index in [9.17, 15) is 4.79 Å². The molecular formula is C8H12N2O3. The van der Waals surface area contributed by atoms with Crippen molar-refractivity contribution in [3.05, 3.63) is 17.8 Å². The van der Waals surface area contributed by atoms with E-state index >= 15 is 0 Å². The molecule has 0 saturated heterocycles. The molecule has 0 spiro atoms. The number of carbonyl (C=O) groups is 1. The van der Waals surface area contributed by atoms with Crippen LogP contribution in [-0.4, -0.2) is 22.1 Å². The summed E-state index contributed by atoms with van der Waals surface area (Å²) in [6.45, 7) is 4.42. The fourth-order valence-corrected chi connectivity index (χ4v) is 0.782. The van der Waals surface area contributed by atoms with Crippen molar-refractivity contribution >= 4 is 5.97 Å². The molecule has 0 fully saturated rings. The fourth-order valence-electron chi connectivity index (χ4n) is 0.782. The van der Waals surface area contributed by atoms with Crippen LogP contribution in [0.25, 0.3) is 0 Å². The molecule has 13 heavy (non-hydrogen) atoms. The van der Waals surface area contributed by atoms with Crippen molar-refractivity contribution in [1.29, 1.82) is 0 Å². The maximum Gasteiger partial charge on any atom is 0.357 e. The summed E-state index contributed by atoms with van der Waals surface area (Å²) in [6.07, 6.45) is 1.14. The Morgan fingerprint density at radius 2 is 2.46 bits per heavy atom. The van der Waals surface area contributed by atoms with E-state index in [0.717, 1.165) is 6.26 Å². The third-order valence-corrected chi connectivity index (χ3v) is 1.43. The number of carboxylic acid groups (broad SMARTS) is 1. The number of oxazole rings is 1. The maximum absolute atomic E-state index is 10.4. The van der Waals surface area contributed by atoms with Gasteiger partial charge in [-0.25, -0.2) is 9.78 Å². The second kappa shape index (κ2) is 4.04. The molecule has 1 heterocycles. The molecule has 1 aromatic rings. The molecule has 72 valence electrons. The molecule has 0 bridgehead atoms. The second-order valence-corrected chi connectivity index (χ2v) is 2.97. The summed E-state index contributed by atoms with van der Waals surface area (Å²) in [4.78, 5) is 14.2. The van der Waals surface area contributed by atoms with Crippen LogP contribution in [0, 0.1) is 0 Å². The smallest absolute Gasteiger partial charge is 0.357 e. The second-order valence-electron chi connectivity index (χ2n) is 2.97. The van der Waals surface area contributed by atoms with E-state index in [4.69, 9.17) is 9.52 Å². The molecule has 0 amide bonds. The number of aromatic nitrogens is 1. The van der Waals surface area contributed by atoms with Crippen LogP contribution in [0.15, 0.2) is 10.7 Å². The van der Waals surface area contributed by atoms with Crippen LogP contribution in [0.5, 0.6) is 0 Å². The summed E-state index contributed by atoms with van der Waals surface area (Å²) < 4.78 is 4.92. The van der Waals surface area contributed by atoms with Gasteiger partial charge in [0.1, 0.15) is 6.26 Å². The Labute approximate surface area is 75.8 Å². The Kier molecular flexibility index (Phi) is 3.02. The first-order valence-electron chi connectivity index (χ1n) is 4.00. The van der Waals surface area contributed by atoms with Crippen molar-refractivity contribution in [2.24, 2.45) is 0 Å². The first kappa shape index (κ1) is 9.73. The predicted octanol–water partition coefficient (Wildman–Crippen LogP) is 0.871. The predicted molar refractivity (Wildman–Crippen MR) is 45.4 cm³/mol. The number of nitrogens with one attached hydrogen (secondary N) is 1. The highest BCUT2D eigenvalue weighted by Crippen LogP contribution is 2.01. The number of aromatic carboxylic acids is 1. The van der Waals surface area contributed by atoms with Gasteiger partial charge < -0.3 is 14.8 Å². The van der Waals surface area contributed by atoms with Crippen LogP contribution < -0.4 is 5.32 Å². The van der Waals surface area contributed by atoms with E-state index in [0.29, 0.717) is 18.5 Å². The standard InChI is InChI=1S/C8H12N2O3/c1-5(2)9-3-7-10-6(4-13-7)8(11)12/h4-5,9H,3H2,1-2H3,(H,11,12). The van der Waals surface area contributed by atoms with Crippen LogP contribution in [-0.2, 0) is 6.54 Å². The minimum atomic E-state index is -1.07. The van der Waals surface area contributed by atoms with Crippen LogP contribution in [0.1, 0.15) is 30.2 Å². The quantitative estimate of drug-likeness (QED) is 0.726. The van der Waals surface area contributed by atoms with Crippen molar-refractivity contribution < 1.29 is 14.3 Å². The summed E-state index contributed by atoms with van der Waals surface area (Å²) in [6, 6.07) is 0.320. The van der Waals surface area contributed by atoms with E-state index in [1.807, 2.05) is 13.8 Å². The molecule has 5 nitrogen and oxygen atoms in total.